The van der Waals surface area contributed by atoms with Crippen molar-refractivity contribution in [2.24, 2.45) is 0 Å². The molecule has 0 radical (unpaired) electrons. The highest BCUT2D eigenvalue weighted by atomic mass is 31.2. The van der Waals surface area contributed by atoms with Crippen LogP contribution in [0.5, 0.6) is 11.6 Å². The van der Waals surface area contributed by atoms with Gasteiger partial charge in [0.05, 0.1) is 13.3 Å². The molecule has 0 fully saturated rings. The smallest absolute Gasteiger partial charge is 0.213 e. The highest BCUT2D eigenvalue weighted by Gasteiger charge is 2.25. The van der Waals surface area contributed by atoms with E-state index in [2.05, 4.69) is 43.6 Å². The maximum absolute atomic E-state index is 14.9. The van der Waals surface area contributed by atoms with Crippen LogP contribution in [0.4, 0.5) is 4.39 Å². The molecule has 6 nitrogen and oxygen atoms in total. The Hall–Kier alpha value is -2.73. The first-order valence-corrected chi connectivity index (χ1v) is 15.5. The van der Waals surface area contributed by atoms with Crippen LogP contribution in [0.1, 0.15) is 58.2 Å². The normalized spacial score (nSPS) is 14.1. The van der Waals surface area contributed by atoms with Crippen LogP contribution in [-0.2, 0) is 24.1 Å². The van der Waals surface area contributed by atoms with Crippen molar-refractivity contribution in [3.05, 3.63) is 77.2 Å². The molecule has 0 saturated heterocycles. The molecule has 8 heteroatoms. The molecule has 2 atom stereocenters. The van der Waals surface area contributed by atoms with Crippen LogP contribution >= 0.6 is 7.37 Å². The third kappa shape index (κ3) is 8.14. The fourth-order valence-electron chi connectivity index (χ4n) is 4.75. The van der Waals surface area contributed by atoms with Gasteiger partial charge in [-0.2, -0.15) is 0 Å². The molecule has 1 N–H and O–H groups in total. The largest absolute Gasteiger partial charge is 0.489 e. The molecule has 2 aromatic carbocycles. The molecule has 1 heterocycles. The van der Waals surface area contributed by atoms with Gasteiger partial charge in [-0.3, -0.25) is 9.46 Å². The van der Waals surface area contributed by atoms with Gasteiger partial charge in [0.15, 0.2) is 0 Å². The molecule has 0 spiro atoms. The van der Waals surface area contributed by atoms with E-state index < -0.39 is 13.2 Å². The van der Waals surface area contributed by atoms with Crippen LogP contribution in [-0.4, -0.2) is 45.8 Å². The van der Waals surface area contributed by atoms with Gasteiger partial charge in [-0.15, -0.1) is 0 Å². The third-order valence-corrected chi connectivity index (χ3v) is 9.62. The highest BCUT2D eigenvalue weighted by molar-refractivity contribution is 7.58. The van der Waals surface area contributed by atoms with Crippen LogP contribution in [0, 0.1) is 5.82 Å². The van der Waals surface area contributed by atoms with E-state index in [4.69, 9.17) is 9.47 Å². The summed E-state index contributed by atoms with van der Waals surface area (Å²) < 4.78 is 38.7. The Labute approximate surface area is 232 Å². The molecule has 0 aliphatic rings. The van der Waals surface area contributed by atoms with Gasteiger partial charge in [0.2, 0.25) is 13.2 Å². The minimum atomic E-state index is -3.16. The molecule has 3 aromatic rings. The lowest BCUT2D eigenvalue weighted by molar-refractivity contribution is 0.166. The molecule has 1 aromatic heterocycles. The molecule has 0 saturated carbocycles. The number of pyridine rings is 1. The molecule has 0 aliphatic heterocycles. The van der Waals surface area contributed by atoms with Gasteiger partial charge in [0, 0.05) is 42.1 Å². The van der Waals surface area contributed by atoms with Gasteiger partial charge in [-0.25, -0.2) is 9.37 Å². The van der Waals surface area contributed by atoms with Crippen molar-refractivity contribution < 1.29 is 23.3 Å². The topological polar surface area (TPSA) is 71.9 Å². The van der Waals surface area contributed by atoms with Crippen molar-refractivity contribution in [1.82, 2.24) is 9.88 Å². The number of methoxy groups -OCH3 is 1. The van der Waals surface area contributed by atoms with Gasteiger partial charge in [-0.1, -0.05) is 44.2 Å². The summed E-state index contributed by atoms with van der Waals surface area (Å²) in [5.74, 6) is 0.661. The number of hydrogen-bond donors (Lipinski definition) is 1. The van der Waals surface area contributed by atoms with Crippen LogP contribution in [0.2, 0.25) is 0 Å². The first-order valence-electron chi connectivity index (χ1n) is 13.6. The van der Waals surface area contributed by atoms with Crippen LogP contribution in [0.3, 0.4) is 0 Å². The average molecular weight is 557 g/mol. The second-order valence-electron chi connectivity index (χ2n) is 10.6. The molecule has 39 heavy (non-hydrogen) atoms. The van der Waals surface area contributed by atoms with Crippen molar-refractivity contribution in [1.29, 1.82) is 0 Å². The average Bonchev–Trinajstić information content (AvgIpc) is 2.90. The van der Waals surface area contributed by atoms with E-state index in [0.717, 1.165) is 22.3 Å². The maximum atomic E-state index is 14.9. The molecular formula is C31H42FN2O4P. The van der Waals surface area contributed by atoms with Crippen molar-refractivity contribution in [2.75, 3.05) is 13.3 Å². The second kappa shape index (κ2) is 13.6. The Balaban J connectivity index is 1.89. The zero-order valence-electron chi connectivity index (χ0n) is 24.1. The Kier molecular flexibility index (Phi) is 10.7. The first kappa shape index (κ1) is 30.8. The lowest BCUT2D eigenvalue weighted by atomic mass is 9.96. The predicted octanol–water partition coefficient (Wildman–Crippen LogP) is 7.32. The van der Waals surface area contributed by atoms with E-state index in [1.54, 1.807) is 13.0 Å². The first-order chi connectivity index (χ1) is 18.4. The van der Waals surface area contributed by atoms with E-state index in [1.165, 1.54) is 13.3 Å². The molecule has 0 bridgehead atoms. The van der Waals surface area contributed by atoms with Crippen LogP contribution < -0.4 is 9.47 Å². The zero-order valence-corrected chi connectivity index (χ0v) is 25.0. The Morgan fingerprint density at radius 2 is 1.72 bits per heavy atom. The standard InChI is InChI=1S/C31H42FN2O4P/c1-8-39(35,36)23(6)14-24-10-9-11-27(16-24)38-20-25-12-13-28(29-17-31(37-7)33-18-30(29)32)26(15-25)19-34(21(2)3)22(4)5/h9-13,15-18,21-23H,8,14,19-20H2,1-7H3,(H,35,36)/t23-/m0/s1. The van der Waals surface area contributed by atoms with E-state index in [0.29, 0.717) is 48.8 Å². The molecule has 3 rings (SSSR count). The van der Waals surface area contributed by atoms with Crippen molar-refractivity contribution in [3.8, 4) is 22.8 Å². The van der Waals surface area contributed by atoms with E-state index in [-0.39, 0.29) is 11.8 Å². The third-order valence-electron chi connectivity index (χ3n) is 7.16. The van der Waals surface area contributed by atoms with Crippen molar-refractivity contribution in [2.45, 2.75) is 78.9 Å². The summed E-state index contributed by atoms with van der Waals surface area (Å²) in [5, 5.41) is 0. The quantitative estimate of drug-likeness (QED) is 0.223. The number of halogens is 1. The predicted molar refractivity (Wildman–Crippen MR) is 156 cm³/mol. The van der Waals surface area contributed by atoms with Gasteiger partial charge in [0.25, 0.3) is 0 Å². The fourth-order valence-corrected chi connectivity index (χ4v) is 5.87. The van der Waals surface area contributed by atoms with Crippen LogP contribution in [0.25, 0.3) is 11.1 Å². The summed E-state index contributed by atoms with van der Waals surface area (Å²) in [6.07, 6.45) is 1.98. The summed E-state index contributed by atoms with van der Waals surface area (Å²) in [6.45, 7) is 13.2. The molecule has 0 aliphatic carbocycles. The molecule has 1 unspecified atom stereocenters. The number of ether oxygens (including phenoxy) is 2. The number of nitrogens with zero attached hydrogens (tertiary/aromatic N) is 2. The van der Waals surface area contributed by atoms with E-state index >= 15 is 0 Å². The van der Waals surface area contributed by atoms with Gasteiger partial charge in [-0.05, 0) is 68.5 Å². The second-order valence-corrected chi connectivity index (χ2v) is 13.6. The number of hydrogen-bond acceptors (Lipinski definition) is 5. The monoisotopic (exact) mass is 556 g/mol. The summed E-state index contributed by atoms with van der Waals surface area (Å²) in [5.41, 5.74) is 3.85. The number of rotatable bonds is 13. The minimum absolute atomic E-state index is 0.268. The summed E-state index contributed by atoms with van der Waals surface area (Å²) >= 11 is 0. The maximum Gasteiger partial charge on any atom is 0.213 e. The van der Waals surface area contributed by atoms with Gasteiger partial charge in [0.1, 0.15) is 18.2 Å². The van der Waals surface area contributed by atoms with Crippen molar-refractivity contribution in [3.63, 3.8) is 0 Å². The lowest BCUT2D eigenvalue weighted by Gasteiger charge is -2.31. The molecular weight excluding hydrogens is 514 g/mol. The van der Waals surface area contributed by atoms with Crippen LogP contribution in [0.15, 0.2) is 54.7 Å². The Bertz CT molecular complexity index is 1290. The fraction of sp³-hybridized carbons (Fsp3) is 0.452. The van der Waals surface area contributed by atoms with Crippen molar-refractivity contribution >= 4 is 7.37 Å². The lowest BCUT2D eigenvalue weighted by Crippen LogP contribution is -2.36. The Morgan fingerprint density at radius 1 is 1.00 bits per heavy atom. The number of benzene rings is 2. The Morgan fingerprint density at radius 3 is 2.36 bits per heavy atom. The summed E-state index contributed by atoms with van der Waals surface area (Å²) in [4.78, 5) is 16.5. The molecule has 212 valence electrons. The SMILES string of the molecule is CCP(=O)(O)[C@@H](C)Cc1cccc(OCc2ccc(-c3cc(OC)ncc3F)c(CN(C(C)C)C(C)C)c2)c1. The minimum Gasteiger partial charge on any atom is -0.489 e. The van der Waals surface area contributed by atoms with E-state index in [9.17, 15) is 13.8 Å². The van der Waals surface area contributed by atoms with Gasteiger partial charge >= 0.3 is 0 Å². The highest BCUT2D eigenvalue weighted by Crippen LogP contribution is 2.46. The number of aromatic nitrogens is 1. The summed E-state index contributed by atoms with van der Waals surface area (Å²) in [7, 11) is -1.64. The van der Waals surface area contributed by atoms with E-state index in [1.807, 2.05) is 43.3 Å². The molecule has 0 amide bonds. The zero-order chi connectivity index (χ0) is 28.7. The van der Waals surface area contributed by atoms with Gasteiger partial charge < -0.3 is 14.4 Å². The summed E-state index contributed by atoms with van der Waals surface area (Å²) in [6, 6.07) is 15.9.